The first-order valence-electron chi connectivity index (χ1n) is 8.50. The molecule has 0 aromatic carbocycles. The minimum Gasteiger partial charge on any atom is -0.383 e. The fourth-order valence-electron chi connectivity index (χ4n) is 4.19. The maximum Gasteiger partial charge on any atom is 0.0897 e. The van der Waals surface area contributed by atoms with Crippen LogP contribution in [-0.2, 0) is 11.3 Å². The number of hydrogen-bond donors (Lipinski definition) is 0. The summed E-state index contributed by atoms with van der Waals surface area (Å²) < 4.78 is 5.51. The highest BCUT2D eigenvalue weighted by atomic mass is 32.1. The largest absolute Gasteiger partial charge is 0.383 e. The lowest BCUT2D eigenvalue weighted by Gasteiger charge is -2.39. The van der Waals surface area contributed by atoms with Gasteiger partial charge in [-0.15, -0.1) is 11.3 Å². The Labute approximate surface area is 138 Å². The van der Waals surface area contributed by atoms with Crippen LogP contribution in [0.25, 0.3) is 0 Å². The molecule has 1 aromatic rings. The Morgan fingerprint density at radius 3 is 2.77 bits per heavy atom. The summed E-state index contributed by atoms with van der Waals surface area (Å²) in [6.45, 7) is 11.1. The van der Waals surface area contributed by atoms with Crippen molar-refractivity contribution in [3.63, 3.8) is 0 Å². The van der Waals surface area contributed by atoms with E-state index in [1.807, 2.05) is 7.11 Å². The summed E-state index contributed by atoms with van der Waals surface area (Å²) in [5, 5.41) is 3.38. The molecule has 124 valence electrons. The van der Waals surface area contributed by atoms with Crippen molar-refractivity contribution in [1.82, 2.24) is 14.8 Å². The number of rotatable bonds is 5. The highest BCUT2D eigenvalue weighted by Crippen LogP contribution is 2.43. The molecule has 1 spiro atoms. The van der Waals surface area contributed by atoms with Crippen LogP contribution >= 0.6 is 11.3 Å². The number of hydrogen-bond acceptors (Lipinski definition) is 5. The summed E-state index contributed by atoms with van der Waals surface area (Å²) in [5.41, 5.74) is 1.74. The molecule has 0 unspecified atom stereocenters. The number of aromatic nitrogens is 1. The van der Waals surface area contributed by atoms with E-state index in [0.29, 0.717) is 11.5 Å². The SMILES string of the molecule is CCN1CCC2(CC1)C[C@H](COC)N(Cc1csc(C)n1)C2. The van der Waals surface area contributed by atoms with E-state index in [4.69, 9.17) is 4.74 Å². The van der Waals surface area contributed by atoms with Crippen LogP contribution in [0.5, 0.6) is 0 Å². The van der Waals surface area contributed by atoms with Crippen molar-refractivity contribution in [3.05, 3.63) is 16.1 Å². The van der Waals surface area contributed by atoms with Crippen molar-refractivity contribution >= 4 is 11.3 Å². The van der Waals surface area contributed by atoms with Crippen LogP contribution in [0.15, 0.2) is 5.38 Å². The minimum atomic E-state index is 0.514. The van der Waals surface area contributed by atoms with E-state index in [1.54, 1.807) is 11.3 Å². The highest BCUT2D eigenvalue weighted by Gasteiger charge is 2.45. The first-order valence-corrected chi connectivity index (χ1v) is 9.38. The molecule has 0 bridgehead atoms. The Kier molecular flexibility index (Phi) is 5.17. The zero-order chi connectivity index (χ0) is 15.6. The van der Waals surface area contributed by atoms with Crippen molar-refractivity contribution in [3.8, 4) is 0 Å². The van der Waals surface area contributed by atoms with Gasteiger partial charge >= 0.3 is 0 Å². The van der Waals surface area contributed by atoms with Crippen LogP contribution < -0.4 is 0 Å². The third-order valence-corrected chi connectivity index (χ3v) is 6.30. The van der Waals surface area contributed by atoms with Crippen LogP contribution in [-0.4, -0.2) is 60.7 Å². The molecule has 2 aliphatic rings. The quantitative estimate of drug-likeness (QED) is 0.833. The van der Waals surface area contributed by atoms with Crippen molar-refractivity contribution in [1.29, 1.82) is 0 Å². The number of nitrogens with zero attached hydrogens (tertiary/aromatic N) is 3. The van der Waals surface area contributed by atoms with E-state index < -0.39 is 0 Å². The van der Waals surface area contributed by atoms with Crippen molar-refractivity contribution < 1.29 is 4.74 Å². The summed E-state index contributed by atoms with van der Waals surface area (Å²) in [6.07, 6.45) is 3.98. The summed E-state index contributed by atoms with van der Waals surface area (Å²) in [5.74, 6) is 0. The number of aryl methyl sites for hydroxylation is 1. The number of likely N-dealkylation sites (tertiary alicyclic amines) is 2. The Morgan fingerprint density at radius 2 is 2.18 bits per heavy atom. The van der Waals surface area contributed by atoms with Crippen molar-refractivity contribution in [2.45, 2.75) is 45.7 Å². The summed E-state index contributed by atoms with van der Waals surface area (Å²) in [4.78, 5) is 9.87. The van der Waals surface area contributed by atoms with Gasteiger partial charge in [-0.2, -0.15) is 0 Å². The fourth-order valence-corrected chi connectivity index (χ4v) is 4.79. The van der Waals surface area contributed by atoms with Gasteiger partial charge in [0, 0.05) is 31.6 Å². The molecule has 5 heteroatoms. The second-order valence-corrected chi connectivity index (χ2v) is 8.07. The van der Waals surface area contributed by atoms with Crippen LogP contribution in [0.2, 0.25) is 0 Å². The van der Waals surface area contributed by atoms with Gasteiger partial charge in [0.25, 0.3) is 0 Å². The molecule has 1 aromatic heterocycles. The van der Waals surface area contributed by atoms with Gasteiger partial charge in [-0.3, -0.25) is 4.90 Å². The minimum absolute atomic E-state index is 0.514. The second-order valence-electron chi connectivity index (χ2n) is 7.01. The molecule has 0 aliphatic carbocycles. The van der Waals surface area contributed by atoms with Gasteiger partial charge < -0.3 is 9.64 Å². The lowest BCUT2D eigenvalue weighted by Crippen LogP contribution is -2.41. The fraction of sp³-hybridized carbons (Fsp3) is 0.824. The first-order chi connectivity index (χ1) is 10.6. The molecular weight excluding hydrogens is 294 g/mol. The number of methoxy groups -OCH3 is 1. The molecule has 2 fully saturated rings. The average Bonchev–Trinajstić information content (AvgIpc) is 3.06. The topological polar surface area (TPSA) is 28.6 Å². The Balaban J connectivity index is 1.67. The predicted octanol–water partition coefficient (Wildman–Crippen LogP) is 2.77. The van der Waals surface area contributed by atoms with E-state index in [9.17, 15) is 0 Å². The van der Waals surface area contributed by atoms with Crippen LogP contribution in [0.3, 0.4) is 0 Å². The van der Waals surface area contributed by atoms with Crippen LogP contribution in [0.4, 0.5) is 0 Å². The monoisotopic (exact) mass is 323 g/mol. The van der Waals surface area contributed by atoms with Gasteiger partial charge in [-0.05, 0) is 51.2 Å². The summed E-state index contributed by atoms with van der Waals surface area (Å²) in [7, 11) is 1.83. The predicted molar refractivity (Wildman–Crippen MR) is 91.3 cm³/mol. The molecule has 3 rings (SSSR count). The molecule has 1 atom stereocenters. The highest BCUT2D eigenvalue weighted by molar-refractivity contribution is 7.09. The Bertz CT molecular complexity index is 482. The molecule has 0 saturated carbocycles. The molecule has 0 radical (unpaired) electrons. The van der Waals surface area contributed by atoms with E-state index in [2.05, 4.69) is 34.0 Å². The average molecular weight is 324 g/mol. The van der Waals surface area contributed by atoms with Crippen LogP contribution in [0, 0.1) is 12.3 Å². The summed E-state index contributed by atoms with van der Waals surface area (Å²) >= 11 is 1.76. The van der Waals surface area contributed by atoms with Crippen molar-refractivity contribution in [2.75, 3.05) is 39.9 Å². The first kappa shape index (κ1) is 16.4. The standard InChI is InChI=1S/C17H29N3OS/c1-4-19-7-5-17(6-8-19)9-16(11-21-3)20(13-17)10-15-12-22-14(2)18-15/h12,16H,4-11,13H2,1-3H3/t16-/m1/s1. The van der Waals surface area contributed by atoms with E-state index >= 15 is 0 Å². The Hall–Kier alpha value is -0.490. The molecular formula is C17H29N3OS. The molecule has 2 aliphatic heterocycles. The molecule has 0 amide bonds. The molecule has 0 N–H and O–H groups in total. The molecule has 22 heavy (non-hydrogen) atoms. The lowest BCUT2D eigenvalue weighted by atomic mass is 9.76. The molecule has 4 nitrogen and oxygen atoms in total. The maximum absolute atomic E-state index is 5.51. The molecule has 3 heterocycles. The zero-order valence-corrected chi connectivity index (χ0v) is 15.0. The van der Waals surface area contributed by atoms with Gasteiger partial charge in [-0.1, -0.05) is 6.92 Å². The normalized spacial score (nSPS) is 26.0. The maximum atomic E-state index is 5.51. The van der Waals surface area contributed by atoms with Gasteiger partial charge in [-0.25, -0.2) is 4.98 Å². The third kappa shape index (κ3) is 3.53. The molecule has 2 saturated heterocycles. The van der Waals surface area contributed by atoms with Gasteiger partial charge in [0.1, 0.15) is 0 Å². The summed E-state index contributed by atoms with van der Waals surface area (Å²) in [6, 6.07) is 0.556. The van der Waals surface area contributed by atoms with E-state index in [1.165, 1.54) is 56.1 Å². The van der Waals surface area contributed by atoms with Crippen molar-refractivity contribution in [2.24, 2.45) is 5.41 Å². The smallest absolute Gasteiger partial charge is 0.0897 e. The van der Waals surface area contributed by atoms with Gasteiger partial charge in [0.05, 0.1) is 17.3 Å². The second kappa shape index (κ2) is 6.95. The van der Waals surface area contributed by atoms with Crippen LogP contribution in [0.1, 0.15) is 36.9 Å². The third-order valence-electron chi connectivity index (χ3n) is 5.48. The lowest BCUT2D eigenvalue weighted by molar-refractivity contribution is 0.107. The van der Waals surface area contributed by atoms with E-state index in [-0.39, 0.29) is 0 Å². The zero-order valence-electron chi connectivity index (χ0n) is 14.2. The number of piperidine rings is 1. The Morgan fingerprint density at radius 1 is 1.41 bits per heavy atom. The van der Waals surface area contributed by atoms with E-state index in [0.717, 1.165) is 13.2 Å². The van der Waals surface area contributed by atoms with Gasteiger partial charge in [0.15, 0.2) is 0 Å². The van der Waals surface area contributed by atoms with Gasteiger partial charge in [0.2, 0.25) is 0 Å². The number of thiazole rings is 1. The number of ether oxygens (including phenoxy) is 1.